The Bertz CT molecular complexity index is 607. The molecule has 16 heavy (non-hydrogen) atoms. The zero-order valence-electron chi connectivity index (χ0n) is 8.47. The molecular weight excluding hydrogens is 202 g/mol. The van der Waals surface area contributed by atoms with Crippen LogP contribution in [0.3, 0.4) is 0 Å². The van der Waals surface area contributed by atoms with E-state index in [9.17, 15) is 4.79 Å². The highest BCUT2D eigenvalue weighted by Gasteiger charge is 2.10. The van der Waals surface area contributed by atoms with Crippen LogP contribution in [0.4, 0.5) is 5.82 Å². The number of hydrogen-bond donors (Lipinski definition) is 1. The maximum absolute atomic E-state index is 11.7. The third kappa shape index (κ3) is 1.35. The number of para-hydroxylation sites is 1. The van der Waals surface area contributed by atoms with Crippen LogP contribution < -0.4 is 10.7 Å². The van der Waals surface area contributed by atoms with Gasteiger partial charge in [0.15, 0.2) is 5.82 Å². The molecule has 2 aliphatic heterocycles. The molecule has 1 aliphatic carbocycles. The number of rotatable bonds is 0. The summed E-state index contributed by atoms with van der Waals surface area (Å²) in [5.74, 6) is 0.720. The summed E-state index contributed by atoms with van der Waals surface area (Å²) in [5, 5.41) is 3.11. The van der Waals surface area contributed by atoms with E-state index in [1.165, 1.54) is 6.07 Å². The van der Waals surface area contributed by atoms with Crippen molar-refractivity contribution in [3.8, 4) is 11.3 Å². The molecule has 0 saturated heterocycles. The summed E-state index contributed by atoms with van der Waals surface area (Å²) in [6.07, 6.45) is 5.51. The molecule has 0 aromatic heterocycles. The van der Waals surface area contributed by atoms with E-state index in [0.29, 0.717) is 11.4 Å². The van der Waals surface area contributed by atoms with E-state index in [1.807, 2.05) is 18.2 Å². The summed E-state index contributed by atoms with van der Waals surface area (Å²) >= 11 is 0. The lowest BCUT2D eigenvalue weighted by Crippen LogP contribution is -2.07. The van der Waals surface area contributed by atoms with Crippen molar-refractivity contribution in [3.05, 3.63) is 46.4 Å². The molecule has 0 aromatic rings. The first-order valence-corrected chi connectivity index (χ1v) is 5.05. The third-order valence-electron chi connectivity index (χ3n) is 2.50. The number of anilines is 1. The second-order valence-electron chi connectivity index (χ2n) is 3.58. The molecule has 0 spiro atoms. The van der Waals surface area contributed by atoms with Crippen LogP contribution in [0.15, 0.2) is 35.3 Å². The minimum atomic E-state index is -0.0725. The van der Waals surface area contributed by atoms with Crippen LogP contribution in [0.5, 0.6) is 0 Å². The molecular formula is C12H9N3O. The minimum absolute atomic E-state index is 0.0725. The van der Waals surface area contributed by atoms with Crippen molar-refractivity contribution < 1.29 is 0 Å². The summed E-state index contributed by atoms with van der Waals surface area (Å²) in [5.41, 5.74) is 1.86. The van der Waals surface area contributed by atoms with Crippen molar-refractivity contribution in [2.24, 2.45) is 0 Å². The van der Waals surface area contributed by atoms with Gasteiger partial charge in [-0.15, -0.1) is 0 Å². The molecule has 1 N–H and O–H groups in total. The van der Waals surface area contributed by atoms with Crippen LogP contribution in [0.2, 0.25) is 0 Å². The summed E-state index contributed by atoms with van der Waals surface area (Å²) in [4.78, 5) is 20.3. The molecule has 3 aliphatic rings. The highest BCUT2D eigenvalue weighted by atomic mass is 16.1. The highest BCUT2D eigenvalue weighted by molar-refractivity contribution is 5.67. The Hall–Kier alpha value is -2.23. The SMILES string of the molecule is O=c1cccc2cnc3c(nc1-2)C=CCN3. The average Bonchev–Trinajstić information content (AvgIpc) is 2.50. The smallest absolute Gasteiger partial charge is 0.204 e. The maximum atomic E-state index is 11.7. The van der Waals surface area contributed by atoms with E-state index in [1.54, 1.807) is 12.3 Å². The first-order chi connectivity index (χ1) is 7.84. The van der Waals surface area contributed by atoms with Crippen LogP contribution >= 0.6 is 0 Å². The van der Waals surface area contributed by atoms with E-state index in [4.69, 9.17) is 0 Å². The summed E-state index contributed by atoms with van der Waals surface area (Å²) in [6.45, 7) is 0.742. The summed E-state index contributed by atoms with van der Waals surface area (Å²) < 4.78 is 0. The highest BCUT2D eigenvalue weighted by Crippen LogP contribution is 2.19. The maximum Gasteiger partial charge on any atom is 0.204 e. The number of nitrogens with one attached hydrogen (secondary N) is 1. The molecule has 4 heteroatoms. The molecule has 0 saturated carbocycles. The first kappa shape index (κ1) is 9.03. The zero-order chi connectivity index (χ0) is 11.0. The zero-order valence-corrected chi connectivity index (χ0v) is 8.47. The fraction of sp³-hybridized carbons (Fsp3) is 0.0833. The monoisotopic (exact) mass is 211 g/mol. The van der Waals surface area contributed by atoms with Gasteiger partial charge in [0, 0.05) is 18.3 Å². The van der Waals surface area contributed by atoms with Crippen molar-refractivity contribution >= 4 is 11.9 Å². The van der Waals surface area contributed by atoms with Gasteiger partial charge in [-0.2, -0.15) is 0 Å². The van der Waals surface area contributed by atoms with Crippen LogP contribution in [0.25, 0.3) is 17.3 Å². The first-order valence-electron chi connectivity index (χ1n) is 5.05. The molecule has 0 amide bonds. The van der Waals surface area contributed by atoms with Gasteiger partial charge >= 0.3 is 0 Å². The van der Waals surface area contributed by atoms with Crippen molar-refractivity contribution in [2.75, 3.05) is 11.9 Å². The topological polar surface area (TPSA) is 54.9 Å². The lowest BCUT2D eigenvalue weighted by Gasteiger charge is -2.06. The van der Waals surface area contributed by atoms with Gasteiger partial charge in [-0.05, 0) is 12.1 Å². The molecule has 0 fully saturated rings. The third-order valence-corrected chi connectivity index (χ3v) is 2.50. The second kappa shape index (κ2) is 3.41. The average molecular weight is 211 g/mol. The molecule has 0 aromatic carbocycles. The number of nitrogens with zero attached hydrogens (tertiary/aromatic N) is 2. The molecule has 4 nitrogen and oxygen atoms in total. The predicted molar refractivity (Wildman–Crippen MR) is 62.4 cm³/mol. The van der Waals surface area contributed by atoms with E-state index < -0.39 is 0 Å². The lowest BCUT2D eigenvalue weighted by atomic mass is 10.1. The quantitative estimate of drug-likeness (QED) is 0.715. The second-order valence-corrected chi connectivity index (χ2v) is 3.58. The molecule has 0 unspecified atom stereocenters. The van der Waals surface area contributed by atoms with E-state index >= 15 is 0 Å². The predicted octanol–water partition coefficient (Wildman–Crippen LogP) is 1.38. The molecule has 2 heterocycles. The Morgan fingerprint density at radius 1 is 1.31 bits per heavy atom. The number of fused-ring (bicyclic) bond motifs is 2. The fourth-order valence-electron chi connectivity index (χ4n) is 1.72. The number of hydrogen-bond acceptors (Lipinski definition) is 4. The van der Waals surface area contributed by atoms with E-state index in [2.05, 4.69) is 15.3 Å². The Morgan fingerprint density at radius 2 is 2.25 bits per heavy atom. The molecule has 78 valence electrons. The van der Waals surface area contributed by atoms with Gasteiger partial charge in [0.05, 0.1) is 0 Å². The van der Waals surface area contributed by atoms with Crippen LogP contribution in [0, 0.1) is 0 Å². The summed E-state index contributed by atoms with van der Waals surface area (Å²) in [7, 11) is 0. The van der Waals surface area contributed by atoms with Crippen molar-refractivity contribution in [1.82, 2.24) is 9.97 Å². The van der Waals surface area contributed by atoms with Gasteiger partial charge in [-0.3, -0.25) is 4.79 Å². The lowest BCUT2D eigenvalue weighted by molar-refractivity contribution is 1.19. The van der Waals surface area contributed by atoms with Gasteiger partial charge in [0.1, 0.15) is 11.4 Å². The van der Waals surface area contributed by atoms with Crippen molar-refractivity contribution in [2.45, 2.75) is 0 Å². The van der Waals surface area contributed by atoms with Crippen molar-refractivity contribution in [1.29, 1.82) is 0 Å². The van der Waals surface area contributed by atoms with Crippen LogP contribution in [-0.2, 0) is 0 Å². The minimum Gasteiger partial charge on any atom is -0.365 e. The van der Waals surface area contributed by atoms with Gasteiger partial charge in [-0.1, -0.05) is 18.2 Å². The largest absolute Gasteiger partial charge is 0.365 e. The molecule has 0 atom stereocenters. The van der Waals surface area contributed by atoms with E-state index in [0.717, 1.165) is 17.9 Å². The van der Waals surface area contributed by atoms with Gasteiger partial charge in [-0.25, -0.2) is 9.97 Å². The van der Waals surface area contributed by atoms with Crippen LogP contribution in [0.1, 0.15) is 5.69 Å². The molecule has 3 rings (SSSR count). The summed E-state index contributed by atoms with van der Waals surface area (Å²) in [6, 6.07) is 5.07. The molecule has 0 radical (unpaired) electrons. The Morgan fingerprint density at radius 3 is 3.19 bits per heavy atom. The van der Waals surface area contributed by atoms with E-state index in [-0.39, 0.29) is 5.43 Å². The Kier molecular flexibility index (Phi) is 1.93. The molecule has 0 bridgehead atoms. The Balaban J connectivity index is 2.39. The van der Waals surface area contributed by atoms with Gasteiger partial charge in [0.2, 0.25) is 5.43 Å². The Labute approximate surface area is 92.0 Å². The van der Waals surface area contributed by atoms with Gasteiger partial charge in [0.25, 0.3) is 0 Å². The van der Waals surface area contributed by atoms with Gasteiger partial charge < -0.3 is 5.32 Å². The van der Waals surface area contributed by atoms with Crippen molar-refractivity contribution in [3.63, 3.8) is 0 Å². The normalized spacial score (nSPS) is 13.2. The number of aromatic nitrogens is 2. The number of benzene rings is 1. The van der Waals surface area contributed by atoms with Crippen LogP contribution in [-0.4, -0.2) is 16.5 Å². The standard InChI is InChI=1S/C12H9N3O/c16-10-5-1-3-8-7-14-12-9(15-11(8)10)4-2-6-13-12/h1-5,7,13H,6H2. The fourth-order valence-corrected chi connectivity index (χ4v) is 1.72.